The van der Waals surface area contributed by atoms with Crippen molar-refractivity contribution in [1.29, 1.82) is 0 Å². The number of nitro groups is 1. The Bertz CT molecular complexity index is 601. The lowest BCUT2D eigenvalue weighted by Crippen LogP contribution is -2.05. The van der Waals surface area contributed by atoms with Crippen molar-refractivity contribution in [3.05, 3.63) is 50.3 Å². The molecule has 0 spiro atoms. The predicted molar refractivity (Wildman–Crippen MR) is 56.0 cm³/mol. The lowest BCUT2D eigenvalue weighted by Gasteiger charge is -2.01. The van der Waals surface area contributed by atoms with E-state index < -0.39 is 4.92 Å². The highest BCUT2D eigenvalue weighted by Gasteiger charge is 2.15. The lowest BCUT2D eigenvalue weighted by atomic mass is 10.1. The van der Waals surface area contributed by atoms with E-state index in [1.54, 1.807) is 25.1 Å². The fraction of sp³-hybridized carbons (Fsp3) is 0.100. The molecule has 15 heavy (non-hydrogen) atoms. The third kappa shape index (κ3) is 1.48. The Labute approximate surface area is 84.5 Å². The molecule has 2 rings (SSSR count). The smallest absolute Gasteiger partial charge is 0.296 e. The van der Waals surface area contributed by atoms with Gasteiger partial charge >= 0.3 is 0 Å². The number of nitrogens with one attached hydrogen (secondary N) is 1. The molecule has 2 aromatic rings. The van der Waals surface area contributed by atoms with Gasteiger partial charge in [-0.25, -0.2) is 0 Å². The van der Waals surface area contributed by atoms with Gasteiger partial charge in [0.15, 0.2) is 0 Å². The minimum absolute atomic E-state index is 0.0369. The van der Waals surface area contributed by atoms with Gasteiger partial charge in [0.2, 0.25) is 5.56 Å². The molecule has 0 aliphatic heterocycles. The lowest BCUT2D eigenvalue weighted by molar-refractivity contribution is -0.383. The molecule has 0 atom stereocenters. The van der Waals surface area contributed by atoms with Crippen molar-refractivity contribution in [3.63, 3.8) is 0 Å². The maximum absolute atomic E-state index is 11.1. The van der Waals surface area contributed by atoms with Crippen molar-refractivity contribution in [2.75, 3.05) is 0 Å². The largest absolute Gasteiger partial charge is 0.316 e. The summed E-state index contributed by atoms with van der Waals surface area (Å²) in [5.41, 5.74) is 0.447. The van der Waals surface area contributed by atoms with Crippen LogP contribution in [-0.4, -0.2) is 9.91 Å². The first kappa shape index (κ1) is 9.39. The van der Waals surface area contributed by atoms with Gasteiger partial charge in [-0.15, -0.1) is 0 Å². The van der Waals surface area contributed by atoms with Gasteiger partial charge in [0.05, 0.1) is 4.92 Å². The zero-order chi connectivity index (χ0) is 11.0. The molecule has 0 saturated heterocycles. The van der Waals surface area contributed by atoms with Gasteiger partial charge in [-0.2, -0.15) is 0 Å². The maximum atomic E-state index is 11.1. The number of pyridine rings is 1. The molecule has 0 radical (unpaired) electrons. The number of H-pyrrole nitrogens is 1. The molecule has 1 heterocycles. The monoisotopic (exact) mass is 204 g/mol. The predicted octanol–water partition coefficient (Wildman–Crippen LogP) is 1.74. The second-order valence-electron chi connectivity index (χ2n) is 3.27. The Morgan fingerprint density at radius 3 is 2.60 bits per heavy atom. The Hall–Kier alpha value is -2.17. The van der Waals surface area contributed by atoms with Crippen LogP contribution in [0.25, 0.3) is 10.9 Å². The van der Waals surface area contributed by atoms with Crippen LogP contribution in [0.3, 0.4) is 0 Å². The highest BCUT2D eigenvalue weighted by molar-refractivity contribution is 5.88. The minimum Gasteiger partial charge on any atom is -0.316 e. The van der Waals surface area contributed by atoms with E-state index in [2.05, 4.69) is 4.98 Å². The van der Waals surface area contributed by atoms with Gasteiger partial charge < -0.3 is 4.98 Å². The van der Waals surface area contributed by atoms with Gasteiger partial charge in [-0.1, -0.05) is 12.1 Å². The van der Waals surface area contributed by atoms with Crippen LogP contribution in [0.1, 0.15) is 5.56 Å². The molecule has 0 aliphatic rings. The van der Waals surface area contributed by atoms with Crippen LogP contribution in [0.15, 0.2) is 29.1 Å². The van der Waals surface area contributed by atoms with Crippen LogP contribution in [-0.2, 0) is 0 Å². The Kier molecular flexibility index (Phi) is 2.00. The van der Waals surface area contributed by atoms with E-state index in [1.807, 2.05) is 0 Å². The minimum atomic E-state index is -0.479. The second kappa shape index (κ2) is 3.20. The number of nitro benzene ring substituents is 1. The summed E-state index contributed by atoms with van der Waals surface area (Å²) < 4.78 is 0. The topological polar surface area (TPSA) is 76.0 Å². The first-order chi connectivity index (χ1) is 7.09. The van der Waals surface area contributed by atoms with Crippen molar-refractivity contribution in [2.45, 2.75) is 6.92 Å². The van der Waals surface area contributed by atoms with E-state index in [1.165, 1.54) is 6.07 Å². The van der Waals surface area contributed by atoms with E-state index in [-0.39, 0.29) is 16.8 Å². The number of rotatable bonds is 1. The summed E-state index contributed by atoms with van der Waals surface area (Å²) in [6.45, 7) is 1.64. The summed E-state index contributed by atoms with van der Waals surface area (Å²) in [6, 6.07) is 6.33. The molecule has 1 aromatic carbocycles. The number of aryl methyl sites for hydroxylation is 1. The van der Waals surface area contributed by atoms with E-state index in [4.69, 9.17) is 0 Å². The van der Waals surface area contributed by atoms with Gasteiger partial charge in [0, 0.05) is 17.0 Å². The summed E-state index contributed by atoms with van der Waals surface area (Å²) >= 11 is 0. The van der Waals surface area contributed by atoms with Gasteiger partial charge in [0.1, 0.15) is 5.52 Å². The summed E-state index contributed by atoms with van der Waals surface area (Å²) in [4.78, 5) is 23.9. The van der Waals surface area contributed by atoms with Crippen LogP contribution >= 0.6 is 0 Å². The molecular weight excluding hydrogens is 196 g/mol. The molecule has 1 N–H and O–H groups in total. The number of aromatic amines is 1. The van der Waals surface area contributed by atoms with E-state index in [0.29, 0.717) is 10.9 Å². The van der Waals surface area contributed by atoms with E-state index in [9.17, 15) is 14.9 Å². The second-order valence-corrected chi connectivity index (χ2v) is 3.27. The average molecular weight is 204 g/mol. The molecule has 76 valence electrons. The van der Waals surface area contributed by atoms with Gasteiger partial charge in [0.25, 0.3) is 5.69 Å². The summed E-state index contributed by atoms with van der Waals surface area (Å²) in [6.07, 6.45) is 0. The number of benzene rings is 1. The molecule has 0 saturated carbocycles. The Morgan fingerprint density at radius 2 is 1.93 bits per heavy atom. The van der Waals surface area contributed by atoms with Crippen LogP contribution in [0.5, 0.6) is 0 Å². The van der Waals surface area contributed by atoms with E-state index >= 15 is 0 Å². The van der Waals surface area contributed by atoms with Crippen LogP contribution in [0.4, 0.5) is 5.69 Å². The van der Waals surface area contributed by atoms with Gasteiger partial charge in [-0.05, 0) is 13.0 Å². The average Bonchev–Trinajstić information content (AvgIpc) is 2.16. The fourth-order valence-corrected chi connectivity index (χ4v) is 1.55. The molecule has 5 nitrogen and oxygen atoms in total. The first-order valence-electron chi connectivity index (χ1n) is 4.36. The van der Waals surface area contributed by atoms with Gasteiger partial charge in [-0.3, -0.25) is 14.9 Å². The molecule has 0 aliphatic carbocycles. The SMILES string of the molecule is Cc1ccc2ccc(=O)[nH]c2c1[N+](=O)[O-]. The van der Waals surface area contributed by atoms with Crippen LogP contribution in [0.2, 0.25) is 0 Å². The zero-order valence-corrected chi connectivity index (χ0v) is 7.98. The van der Waals surface area contributed by atoms with Crippen molar-refractivity contribution >= 4 is 16.6 Å². The quantitative estimate of drug-likeness (QED) is 0.567. The highest BCUT2D eigenvalue weighted by atomic mass is 16.6. The van der Waals surface area contributed by atoms with Crippen LogP contribution < -0.4 is 5.56 Å². The van der Waals surface area contributed by atoms with Crippen molar-refractivity contribution in [2.24, 2.45) is 0 Å². The summed E-state index contributed by atoms with van der Waals surface area (Å²) in [7, 11) is 0. The number of hydrogen-bond acceptors (Lipinski definition) is 3. The van der Waals surface area contributed by atoms with E-state index in [0.717, 1.165) is 0 Å². The third-order valence-electron chi connectivity index (χ3n) is 2.26. The van der Waals surface area contributed by atoms with Crippen LogP contribution in [0, 0.1) is 17.0 Å². The highest BCUT2D eigenvalue weighted by Crippen LogP contribution is 2.26. The number of aromatic nitrogens is 1. The fourth-order valence-electron chi connectivity index (χ4n) is 1.55. The molecule has 0 bridgehead atoms. The number of nitrogens with zero attached hydrogens (tertiary/aromatic N) is 1. The molecule has 0 unspecified atom stereocenters. The van der Waals surface area contributed by atoms with Crippen molar-refractivity contribution in [3.8, 4) is 0 Å². The summed E-state index contributed by atoms with van der Waals surface area (Å²) in [5.74, 6) is 0. The molecule has 0 fully saturated rings. The normalized spacial score (nSPS) is 10.5. The molecule has 0 amide bonds. The van der Waals surface area contributed by atoms with Crippen molar-refractivity contribution < 1.29 is 4.92 Å². The van der Waals surface area contributed by atoms with Crippen molar-refractivity contribution in [1.82, 2.24) is 4.98 Å². The molecule has 5 heteroatoms. The molecule has 1 aromatic heterocycles. The standard InChI is InChI=1S/C10H8N2O3/c1-6-2-3-7-4-5-8(13)11-9(7)10(6)12(14)15/h2-5H,1H3,(H,11,13). The maximum Gasteiger partial charge on any atom is 0.296 e. The molecular formula is C10H8N2O3. The Morgan fingerprint density at radius 1 is 1.27 bits per heavy atom. The Balaban J connectivity index is 2.97. The third-order valence-corrected chi connectivity index (χ3v) is 2.26. The zero-order valence-electron chi connectivity index (χ0n) is 7.98. The first-order valence-corrected chi connectivity index (χ1v) is 4.36. The number of fused-ring (bicyclic) bond motifs is 1. The summed E-state index contributed by atoms with van der Waals surface area (Å²) in [5, 5.41) is 11.5. The number of hydrogen-bond donors (Lipinski definition) is 1.